The number of carboxylic acids is 1. The topological polar surface area (TPSA) is 128 Å². The molecule has 3 amide bonds. The zero-order chi connectivity index (χ0) is 14.8. The summed E-state index contributed by atoms with van der Waals surface area (Å²) in [5, 5.41) is 22.0. The molecule has 0 spiro atoms. The Labute approximate surface area is 110 Å². The molecule has 0 aliphatic carbocycles. The van der Waals surface area contributed by atoms with Crippen molar-refractivity contribution in [2.24, 2.45) is 0 Å². The number of carbonyl (C=O) groups is 3. The summed E-state index contributed by atoms with van der Waals surface area (Å²) >= 11 is 0. The minimum Gasteiger partial charge on any atom is -0.480 e. The fourth-order valence-electron chi connectivity index (χ4n) is 1.08. The predicted molar refractivity (Wildman–Crippen MR) is 64.6 cm³/mol. The van der Waals surface area contributed by atoms with Gasteiger partial charge >= 0.3 is 12.0 Å². The molecule has 0 fully saturated rings. The zero-order valence-electron chi connectivity index (χ0n) is 10.9. The second kappa shape index (κ2) is 9.11. The Morgan fingerprint density at radius 2 is 2.00 bits per heavy atom. The lowest BCUT2D eigenvalue weighted by molar-refractivity contribution is -0.140. The highest BCUT2D eigenvalue weighted by Gasteiger charge is 2.21. The van der Waals surface area contributed by atoms with Gasteiger partial charge in [0.25, 0.3) is 0 Å². The summed E-state index contributed by atoms with van der Waals surface area (Å²) in [6, 6.07) is -2.16. The van der Waals surface area contributed by atoms with Crippen molar-refractivity contribution in [3.8, 4) is 0 Å². The van der Waals surface area contributed by atoms with Gasteiger partial charge in [0.05, 0.1) is 13.2 Å². The number of rotatable bonds is 8. The van der Waals surface area contributed by atoms with Crippen LogP contribution in [0.4, 0.5) is 4.79 Å². The fourth-order valence-corrected chi connectivity index (χ4v) is 1.08. The Kier molecular flexibility index (Phi) is 8.22. The SMILES string of the molecule is COCCNC(=O)CN(C)C(=O)NC(CO)C(=O)O. The number of ether oxygens (including phenoxy) is 1. The number of methoxy groups -OCH3 is 1. The van der Waals surface area contributed by atoms with Crippen molar-refractivity contribution in [1.29, 1.82) is 0 Å². The van der Waals surface area contributed by atoms with Gasteiger partial charge in [-0.15, -0.1) is 0 Å². The molecule has 0 aliphatic heterocycles. The molecule has 0 saturated carbocycles. The predicted octanol–water partition coefficient (Wildman–Crippen LogP) is -2.16. The van der Waals surface area contributed by atoms with Crippen LogP contribution >= 0.6 is 0 Å². The second-order valence-corrected chi connectivity index (χ2v) is 3.72. The van der Waals surface area contributed by atoms with Gasteiger partial charge in [-0.1, -0.05) is 0 Å². The molecule has 0 aromatic rings. The Balaban J connectivity index is 4.12. The third-order valence-electron chi connectivity index (χ3n) is 2.13. The molecule has 0 aromatic carbocycles. The molecule has 4 N–H and O–H groups in total. The van der Waals surface area contributed by atoms with Gasteiger partial charge in [0.15, 0.2) is 6.04 Å². The van der Waals surface area contributed by atoms with Crippen LogP contribution in [0.1, 0.15) is 0 Å². The average Bonchev–Trinajstić information content (AvgIpc) is 2.35. The standard InChI is InChI=1S/C10H19N3O6/c1-13(5-8(15)11-3-4-19-2)10(18)12-7(6-14)9(16)17/h7,14H,3-6H2,1-2H3,(H,11,15)(H,12,18)(H,16,17). The minimum atomic E-state index is -1.40. The summed E-state index contributed by atoms with van der Waals surface area (Å²) in [6.45, 7) is -0.283. The van der Waals surface area contributed by atoms with Crippen LogP contribution in [-0.2, 0) is 14.3 Å². The van der Waals surface area contributed by atoms with Crippen molar-refractivity contribution in [2.75, 3.05) is 40.5 Å². The van der Waals surface area contributed by atoms with Crippen LogP contribution in [0.15, 0.2) is 0 Å². The Morgan fingerprint density at radius 3 is 2.47 bits per heavy atom. The Morgan fingerprint density at radius 1 is 1.37 bits per heavy atom. The van der Waals surface area contributed by atoms with Crippen LogP contribution in [0.2, 0.25) is 0 Å². The second-order valence-electron chi connectivity index (χ2n) is 3.72. The largest absolute Gasteiger partial charge is 0.480 e. The van der Waals surface area contributed by atoms with Crippen LogP contribution in [0.3, 0.4) is 0 Å². The lowest BCUT2D eigenvalue weighted by atomic mass is 10.3. The smallest absolute Gasteiger partial charge is 0.328 e. The number of amides is 3. The highest BCUT2D eigenvalue weighted by molar-refractivity contribution is 5.86. The van der Waals surface area contributed by atoms with E-state index in [4.69, 9.17) is 14.9 Å². The first kappa shape index (κ1) is 17.1. The molecule has 0 rings (SSSR count). The normalized spacial score (nSPS) is 11.5. The Hall–Kier alpha value is -1.87. The number of aliphatic hydroxyl groups excluding tert-OH is 1. The highest BCUT2D eigenvalue weighted by Crippen LogP contribution is 1.89. The molecule has 1 atom stereocenters. The van der Waals surface area contributed by atoms with Gasteiger partial charge in [-0.05, 0) is 0 Å². The highest BCUT2D eigenvalue weighted by atomic mass is 16.5. The molecule has 0 saturated heterocycles. The number of aliphatic hydroxyl groups is 1. The van der Waals surface area contributed by atoms with E-state index in [0.717, 1.165) is 4.90 Å². The van der Waals surface area contributed by atoms with E-state index in [0.29, 0.717) is 13.2 Å². The number of carbonyl (C=O) groups excluding carboxylic acids is 2. The van der Waals surface area contributed by atoms with E-state index < -0.39 is 30.6 Å². The monoisotopic (exact) mass is 277 g/mol. The number of urea groups is 1. The summed E-state index contributed by atoms with van der Waals surface area (Å²) < 4.78 is 4.74. The number of hydrogen-bond donors (Lipinski definition) is 4. The first-order valence-electron chi connectivity index (χ1n) is 5.53. The maximum atomic E-state index is 11.5. The molecule has 0 heterocycles. The van der Waals surface area contributed by atoms with Crippen LogP contribution in [0.25, 0.3) is 0 Å². The number of carboxylic acid groups (broad SMARTS) is 1. The van der Waals surface area contributed by atoms with Gasteiger partial charge in [0.2, 0.25) is 5.91 Å². The first-order chi connectivity index (χ1) is 8.92. The number of likely N-dealkylation sites (N-methyl/N-ethyl adjacent to an activating group) is 1. The van der Waals surface area contributed by atoms with Crippen LogP contribution < -0.4 is 10.6 Å². The van der Waals surface area contributed by atoms with E-state index in [1.165, 1.54) is 14.2 Å². The molecule has 9 heteroatoms. The summed E-state index contributed by atoms with van der Waals surface area (Å²) in [6.07, 6.45) is 0. The van der Waals surface area contributed by atoms with E-state index in [2.05, 4.69) is 10.6 Å². The molecule has 110 valence electrons. The van der Waals surface area contributed by atoms with Gasteiger partial charge in [-0.3, -0.25) is 4.79 Å². The minimum absolute atomic E-state index is 0.229. The van der Waals surface area contributed by atoms with Gasteiger partial charge in [-0.25, -0.2) is 9.59 Å². The van der Waals surface area contributed by atoms with Crippen molar-refractivity contribution >= 4 is 17.9 Å². The van der Waals surface area contributed by atoms with Gasteiger partial charge < -0.3 is 30.5 Å². The van der Waals surface area contributed by atoms with E-state index in [9.17, 15) is 14.4 Å². The van der Waals surface area contributed by atoms with Crippen molar-refractivity contribution in [2.45, 2.75) is 6.04 Å². The molecular weight excluding hydrogens is 258 g/mol. The maximum absolute atomic E-state index is 11.5. The summed E-state index contributed by atoms with van der Waals surface area (Å²) in [4.78, 5) is 34.5. The zero-order valence-corrected chi connectivity index (χ0v) is 10.9. The van der Waals surface area contributed by atoms with Gasteiger partial charge in [0.1, 0.15) is 6.54 Å². The van der Waals surface area contributed by atoms with Crippen LogP contribution in [0.5, 0.6) is 0 Å². The number of nitrogens with zero attached hydrogens (tertiary/aromatic N) is 1. The third kappa shape index (κ3) is 7.21. The van der Waals surface area contributed by atoms with E-state index in [1.807, 2.05) is 0 Å². The molecule has 9 nitrogen and oxygen atoms in total. The van der Waals surface area contributed by atoms with Crippen molar-refractivity contribution < 1.29 is 29.3 Å². The summed E-state index contributed by atoms with van der Waals surface area (Å²) in [5.41, 5.74) is 0. The molecule has 0 aromatic heterocycles. The quantitative estimate of drug-likeness (QED) is 0.374. The molecular formula is C10H19N3O6. The van der Waals surface area contributed by atoms with E-state index in [1.54, 1.807) is 0 Å². The third-order valence-corrected chi connectivity index (χ3v) is 2.13. The fraction of sp³-hybridized carbons (Fsp3) is 0.700. The van der Waals surface area contributed by atoms with E-state index in [-0.39, 0.29) is 6.54 Å². The van der Waals surface area contributed by atoms with Crippen molar-refractivity contribution in [1.82, 2.24) is 15.5 Å². The van der Waals surface area contributed by atoms with Gasteiger partial charge in [0, 0.05) is 20.7 Å². The maximum Gasteiger partial charge on any atom is 0.328 e. The van der Waals surface area contributed by atoms with Crippen LogP contribution in [0, 0.1) is 0 Å². The summed E-state index contributed by atoms with van der Waals surface area (Å²) in [7, 11) is 2.83. The lowest BCUT2D eigenvalue weighted by Crippen LogP contribution is -2.50. The van der Waals surface area contributed by atoms with E-state index >= 15 is 0 Å². The summed E-state index contributed by atoms with van der Waals surface area (Å²) in [5.74, 6) is -1.75. The van der Waals surface area contributed by atoms with Crippen LogP contribution in [-0.4, -0.2) is 79.5 Å². The average molecular weight is 277 g/mol. The molecule has 0 aliphatic rings. The number of hydrogen-bond acceptors (Lipinski definition) is 5. The van der Waals surface area contributed by atoms with Gasteiger partial charge in [-0.2, -0.15) is 0 Å². The molecule has 1 unspecified atom stereocenters. The molecule has 19 heavy (non-hydrogen) atoms. The van der Waals surface area contributed by atoms with Crippen molar-refractivity contribution in [3.05, 3.63) is 0 Å². The van der Waals surface area contributed by atoms with Crippen molar-refractivity contribution in [3.63, 3.8) is 0 Å². The number of aliphatic carboxylic acids is 1. The first-order valence-corrected chi connectivity index (χ1v) is 5.53. The molecule has 0 bridgehead atoms. The number of nitrogens with one attached hydrogen (secondary N) is 2. The lowest BCUT2D eigenvalue weighted by Gasteiger charge is -2.20. The Bertz CT molecular complexity index is 322. The molecule has 0 radical (unpaired) electrons.